The lowest BCUT2D eigenvalue weighted by atomic mass is 10.3. The second-order valence-corrected chi connectivity index (χ2v) is 5.92. The molecule has 1 aromatic carbocycles. The molecule has 1 aromatic heterocycles. The van der Waals surface area contributed by atoms with Crippen LogP contribution in [0.25, 0.3) is 0 Å². The number of benzene rings is 1. The third kappa shape index (κ3) is 3.86. The van der Waals surface area contributed by atoms with Gasteiger partial charge in [0.05, 0.1) is 16.9 Å². The Morgan fingerprint density at radius 2 is 2.22 bits per heavy atom. The molecule has 0 bridgehead atoms. The van der Waals surface area contributed by atoms with Gasteiger partial charge in [-0.2, -0.15) is 5.10 Å². The Hall–Kier alpha value is -1.99. The Kier molecular flexibility index (Phi) is 4.88. The van der Waals surface area contributed by atoms with Crippen molar-refractivity contribution in [2.24, 2.45) is 0 Å². The quantitative estimate of drug-likeness (QED) is 0.637. The third-order valence-electron chi connectivity index (χ3n) is 3.51. The molecule has 0 saturated heterocycles. The number of hydrogen-bond acceptors (Lipinski definition) is 4. The second-order valence-electron chi connectivity index (χ2n) is 5.10. The van der Waals surface area contributed by atoms with Crippen LogP contribution in [0.15, 0.2) is 24.4 Å². The lowest BCUT2D eigenvalue weighted by Crippen LogP contribution is -2.29. The molecule has 0 spiro atoms. The van der Waals surface area contributed by atoms with Crippen LogP contribution in [0, 0.1) is 6.92 Å². The number of ether oxygens (including phenoxy) is 2. The van der Waals surface area contributed by atoms with Crippen molar-refractivity contribution >= 4 is 34.6 Å². The van der Waals surface area contributed by atoms with E-state index in [4.69, 9.17) is 33.3 Å². The first kappa shape index (κ1) is 15.9. The van der Waals surface area contributed by atoms with Gasteiger partial charge >= 0.3 is 0 Å². The van der Waals surface area contributed by atoms with Crippen LogP contribution >= 0.6 is 23.8 Å². The number of nitrogens with one attached hydrogen (secondary N) is 2. The van der Waals surface area contributed by atoms with Gasteiger partial charge < -0.3 is 20.1 Å². The largest absolute Gasteiger partial charge is 0.454 e. The van der Waals surface area contributed by atoms with Gasteiger partial charge in [-0.15, -0.1) is 0 Å². The number of hydrogen-bond donors (Lipinski definition) is 2. The van der Waals surface area contributed by atoms with Crippen LogP contribution in [0.2, 0.25) is 5.02 Å². The van der Waals surface area contributed by atoms with E-state index in [1.807, 2.05) is 29.8 Å². The number of aromatic nitrogens is 2. The van der Waals surface area contributed by atoms with Crippen LogP contribution in [0.1, 0.15) is 12.1 Å². The number of aryl methyl sites for hydroxylation is 1. The Morgan fingerprint density at radius 3 is 3.00 bits per heavy atom. The molecule has 0 aliphatic carbocycles. The van der Waals surface area contributed by atoms with Gasteiger partial charge in [-0.3, -0.25) is 4.68 Å². The fourth-order valence-electron chi connectivity index (χ4n) is 2.23. The van der Waals surface area contributed by atoms with E-state index in [2.05, 4.69) is 15.7 Å². The van der Waals surface area contributed by atoms with E-state index in [9.17, 15) is 0 Å². The Bertz CT molecular complexity index is 719. The number of nitrogens with zero attached hydrogens (tertiary/aromatic N) is 2. The van der Waals surface area contributed by atoms with Crippen molar-refractivity contribution in [2.75, 3.05) is 18.7 Å². The zero-order valence-electron chi connectivity index (χ0n) is 12.6. The molecule has 122 valence electrons. The summed E-state index contributed by atoms with van der Waals surface area (Å²) in [7, 11) is 0. The zero-order chi connectivity index (χ0) is 16.2. The van der Waals surface area contributed by atoms with Gasteiger partial charge in [0.2, 0.25) is 6.79 Å². The predicted octanol–water partition coefficient (Wildman–Crippen LogP) is 2.95. The van der Waals surface area contributed by atoms with E-state index in [0.29, 0.717) is 10.1 Å². The minimum atomic E-state index is 0.262. The van der Waals surface area contributed by atoms with Crippen LogP contribution in [0.4, 0.5) is 5.69 Å². The van der Waals surface area contributed by atoms with Crippen LogP contribution in [0.5, 0.6) is 11.5 Å². The molecule has 0 amide bonds. The minimum absolute atomic E-state index is 0.262. The summed E-state index contributed by atoms with van der Waals surface area (Å²) in [4.78, 5) is 0. The highest BCUT2D eigenvalue weighted by molar-refractivity contribution is 7.80. The standard InChI is InChI=1S/C15H17ClN4O2S/c1-10-12(16)8-18-20(10)6-2-5-17-15(23)19-11-3-4-13-14(7-11)22-9-21-13/h3-4,7-8H,2,5-6,9H2,1H3,(H2,17,19,23). The van der Waals surface area contributed by atoms with Crippen molar-refractivity contribution in [1.29, 1.82) is 0 Å². The molecule has 1 aliphatic rings. The van der Waals surface area contributed by atoms with Gasteiger partial charge in [-0.25, -0.2) is 0 Å². The summed E-state index contributed by atoms with van der Waals surface area (Å²) in [5.41, 5.74) is 1.84. The number of fused-ring (bicyclic) bond motifs is 1. The monoisotopic (exact) mass is 352 g/mol. The molecule has 0 radical (unpaired) electrons. The van der Waals surface area contributed by atoms with E-state index in [-0.39, 0.29) is 6.79 Å². The van der Waals surface area contributed by atoms with Gasteiger partial charge in [-0.05, 0) is 37.7 Å². The van der Waals surface area contributed by atoms with E-state index in [1.54, 1.807) is 6.20 Å². The topological polar surface area (TPSA) is 60.3 Å². The van der Waals surface area contributed by atoms with Crippen LogP contribution in [0.3, 0.4) is 0 Å². The maximum atomic E-state index is 5.97. The van der Waals surface area contributed by atoms with Gasteiger partial charge in [0.25, 0.3) is 0 Å². The summed E-state index contributed by atoms with van der Waals surface area (Å²) in [6, 6.07) is 5.62. The third-order valence-corrected chi connectivity index (χ3v) is 4.12. The molecule has 0 atom stereocenters. The number of anilines is 1. The molecule has 2 N–H and O–H groups in total. The zero-order valence-corrected chi connectivity index (χ0v) is 14.2. The van der Waals surface area contributed by atoms with Crippen molar-refractivity contribution in [2.45, 2.75) is 19.9 Å². The van der Waals surface area contributed by atoms with Crippen molar-refractivity contribution in [3.63, 3.8) is 0 Å². The molecule has 8 heteroatoms. The van der Waals surface area contributed by atoms with Crippen molar-refractivity contribution in [3.05, 3.63) is 35.1 Å². The summed E-state index contributed by atoms with van der Waals surface area (Å²) in [5.74, 6) is 1.48. The van der Waals surface area contributed by atoms with Crippen LogP contribution in [-0.2, 0) is 6.54 Å². The average molecular weight is 353 g/mol. The summed E-state index contributed by atoms with van der Waals surface area (Å²) in [6.45, 7) is 3.75. The first-order valence-corrected chi connectivity index (χ1v) is 8.04. The molecule has 0 unspecified atom stereocenters. The van der Waals surface area contributed by atoms with Gasteiger partial charge in [0, 0.05) is 24.8 Å². The maximum absolute atomic E-state index is 5.97. The van der Waals surface area contributed by atoms with Gasteiger partial charge in [-0.1, -0.05) is 11.6 Å². The molecule has 0 fully saturated rings. The highest BCUT2D eigenvalue weighted by Gasteiger charge is 2.13. The Labute approximate surface area is 144 Å². The van der Waals surface area contributed by atoms with E-state index in [0.717, 1.165) is 42.4 Å². The Morgan fingerprint density at radius 1 is 1.39 bits per heavy atom. The molecule has 2 aromatic rings. The highest BCUT2D eigenvalue weighted by atomic mass is 35.5. The molecule has 0 saturated carbocycles. The lowest BCUT2D eigenvalue weighted by molar-refractivity contribution is 0.174. The second kappa shape index (κ2) is 7.06. The van der Waals surface area contributed by atoms with Gasteiger partial charge in [0.1, 0.15) is 0 Å². The summed E-state index contributed by atoms with van der Waals surface area (Å²) in [5, 5.41) is 11.8. The lowest BCUT2D eigenvalue weighted by Gasteiger charge is -2.11. The molecule has 3 rings (SSSR count). The molecular weight excluding hydrogens is 336 g/mol. The number of halogens is 1. The summed E-state index contributed by atoms with van der Waals surface area (Å²) < 4.78 is 12.5. The van der Waals surface area contributed by atoms with Crippen molar-refractivity contribution in [1.82, 2.24) is 15.1 Å². The first-order chi connectivity index (χ1) is 11.1. The molecule has 6 nitrogen and oxygen atoms in total. The maximum Gasteiger partial charge on any atom is 0.231 e. The predicted molar refractivity (Wildman–Crippen MR) is 93.4 cm³/mol. The van der Waals surface area contributed by atoms with E-state index in [1.165, 1.54) is 0 Å². The Balaban J connectivity index is 1.42. The van der Waals surface area contributed by atoms with E-state index < -0.39 is 0 Å². The number of rotatable bonds is 5. The van der Waals surface area contributed by atoms with E-state index >= 15 is 0 Å². The van der Waals surface area contributed by atoms with Gasteiger partial charge in [0.15, 0.2) is 16.6 Å². The minimum Gasteiger partial charge on any atom is -0.454 e. The van der Waals surface area contributed by atoms with Crippen molar-refractivity contribution in [3.8, 4) is 11.5 Å². The number of thiocarbonyl (C=S) groups is 1. The average Bonchev–Trinajstić information content (AvgIpc) is 3.12. The molecule has 23 heavy (non-hydrogen) atoms. The molecule has 1 aliphatic heterocycles. The van der Waals surface area contributed by atoms with Crippen LogP contribution < -0.4 is 20.1 Å². The summed E-state index contributed by atoms with van der Waals surface area (Å²) in [6.07, 6.45) is 2.55. The normalized spacial score (nSPS) is 12.3. The van der Waals surface area contributed by atoms with Crippen molar-refractivity contribution < 1.29 is 9.47 Å². The molecular formula is C15H17ClN4O2S. The SMILES string of the molecule is Cc1c(Cl)cnn1CCCNC(=S)Nc1ccc2c(c1)OCO2. The summed E-state index contributed by atoms with van der Waals surface area (Å²) >= 11 is 11.3. The smallest absolute Gasteiger partial charge is 0.231 e. The fourth-order valence-corrected chi connectivity index (χ4v) is 2.59. The van der Waals surface area contributed by atoms with Crippen LogP contribution in [-0.4, -0.2) is 28.2 Å². The highest BCUT2D eigenvalue weighted by Crippen LogP contribution is 2.34. The fraction of sp³-hybridized carbons (Fsp3) is 0.333. The first-order valence-electron chi connectivity index (χ1n) is 7.26. The molecule has 2 heterocycles.